The first-order valence-corrected chi connectivity index (χ1v) is 12.4. The molecule has 2 aliphatic carbocycles. The molecule has 1 aromatic rings. The number of amides is 2. The molecule has 4 N–H and O–H groups in total. The minimum atomic E-state index is -2.85. The Bertz CT molecular complexity index is 880. The molecule has 0 bridgehead atoms. The highest BCUT2D eigenvalue weighted by Gasteiger charge is 2.36. The van der Waals surface area contributed by atoms with Crippen LogP contribution in [0.2, 0.25) is 0 Å². The molecule has 1 saturated heterocycles. The maximum absolute atomic E-state index is 13.2. The van der Waals surface area contributed by atoms with Crippen molar-refractivity contribution in [3.8, 4) is 0 Å². The van der Waals surface area contributed by atoms with Gasteiger partial charge in [0.15, 0.2) is 0 Å². The smallest absolute Gasteiger partial charge is 0.345 e. The van der Waals surface area contributed by atoms with E-state index in [1.54, 1.807) is 0 Å². The minimum Gasteiger partial charge on any atom is -0.393 e. The third-order valence-electron chi connectivity index (χ3n) is 6.69. The van der Waals surface area contributed by atoms with Gasteiger partial charge in [-0.15, -0.1) is 0 Å². The first-order chi connectivity index (χ1) is 16.9. The maximum Gasteiger partial charge on any atom is 0.345 e. The van der Waals surface area contributed by atoms with Crippen LogP contribution in [0, 0.1) is 5.92 Å². The lowest BCUT2D eigenvalue weighted by Crippen LogP contribution is -2.50. The number of aliphatic hydroxyl groups is 1. The van der Waals surface area contributed by atoms with Gasteiger partial charge in [0.2, 0.25) is 11.9 Å². The van der Waals surface area contributed by atoms with Crippen LogP contribution in [0.5, 0.6) is 0 Å². The number of nitrogens with zero attached hydrogens (tertiary/aromatic N) is 3. The van der Waals surface area contributed by atoms with Crippen LogP contribution < -0.4 is 16.0 Å². The fourth-order valence-corrected chi connectivity index (χ4v) is 4.61. The van der Waals surface area contributed by atoms with Gasteiger partial charge in [0.25, 0.3) is 5.91 Å². The summed E-state index contributed by atoms with van der Waals surface area (Å²) in [6.07, 6.45) is 7.40. The van der Waals surface area contributed by atoms with Gasteiger partial charge in [-0.25, -0.2) is 4.98 Å². The van der Waals surface area contributed by atoms with Crippen molar-refractivity contribution in [1.29, 1.82) is 0 Å². The van der Waals surface area contributed by atoms with Gasteiger partial charge in [-0.1, -0.05) is 0 Å². The zero-order valence-corrected chi connectivity index (χ0v) is 19.7. The van der Waals surface area contributed by atoms with Crippen molar-refractivity contribution in [3.63, 3.8) is 0 Å². The van der Waals surface area contributed by atoms with E-state index in [9.17, 15) is 23.5 Å². The summed E-state index contributed by atoms with van der Waals surface area (Å²) in [5, 5.41) is 19.0. The zero-order valence-electron chi connectivity index (χ0n) is 19.7. The number of rotatable bonds is 10. The van der Waals surface area contributed by atoms with Crippen molar-refractivity contribution in [2.45, 2.75) is 76.2 Å². The molecule has 35 heavy (non-hydrogen) atoms. The van der Waals surface area contributed by atoms with E-state index in [4.69, 9.17) is 0 Å². The number of aliphatic hydroxyl groups excluding tert-OH is 1. The molecule has 0 spiro atoms. The number of nitrogens with one attached hydrogen (secondary N) is 3. The summed E-state index contributed by atoms with van der Waals surface area (Å²) in [5.41, 5.74) is 0.274. The predicted molar refractivity (Wildman–Crippen MR) is 124 cm³/mol. The van der Waals surface area contributed by atoms with Crippen LogP contribution in [0.25, 0.3) is 0 Å². The number of piperidine rings is 1. The van der Waals surface area contributed by atoms with Crippen LogP contribution in [-0.2, 0) is 9.53 Å². The molecule has 2 heterocycles. The second-order valence-corrected chi connectivity index (χ2v) is 9.54. The second-order valence-electron chi connectivity index (χ2n) is 9.54. The van der Waals surface area contributed by atoms with Crippen LogP contribution in [0.3, 0.4) is 0 Å². The minimum absolute atomic E-state index is 0.0382. The molecule has 2 amide bonds. The lowest BCUT2D eigenvalue weighted by molar-refractivity contribution is -0.133. The lowest BCUT2D eigenvalue weighted by atomic mass is 9.93. The molecule has 10 nitrogen and oxygen atoms in total. The van der Waals surface area contributed by atoms with Crippen molar-refractivity contribution >= 4 is 23.6 Å². The van der Waals surface area contributed by atoms with Crippen molar-refractivity contribution < 1.29 is 28.2 Å². The number of hydrogen-bond acceptors (Lipinski definition) is 8. The quantitative estimate of drug-likeness (QED) is 0.362. The van der Waals surface area contributed by atoms with Gasteiger partial charge in [0.1, 0.15) is 11.4 Å². The van der Waals surface area contributed by atoms with E-state index in [-0.39, 0.29) is 60.6 Å². The Morgan fingerprint density at radius 2 is 1.91 bits per heavy atom. The molecule has 3 aliphatic rings. The Hall–Kier alpha value is -2.60. The number of halogens is 2. The number of likely N-dealkylation sites (tertiary alicyclic amines) is 1. The van der Waals surface area contributed by atoms with Crippen molar-refractivity contribution in [1.82, 2.24) is 20.2 Å². The molecule has 3 fully saturated rings. The zero-order chi connectivity index (χ0) is 24.8. The SMILES string of the molecule is O=C(N[C@H]1CCCN(C(=O)C2CC2)C1)c1cnc(NCCOC(F)F)nc1NC1CCC(O)CC1. The molecule has 2 saturated carbocycles. The van der Waals surface area contributed by atoms with Gasteiger partial charge < -0.3 is 30.7 Å². The number of ether oxygens (including phenoxy) is 1. The number of anilines is 2. The monoisotopic (exact) mass is 496 g/mol. The van der Waals surface area contributed by atoms with E-state index in [1.807, 2.05) is 4.90 Å². The molecule has 0 unspecified atom stereocenters. The third kappa shape index (κ3) is 7.44. The Kier molecular flexibility index (Phi) is 8.66. The summed E-state index contributed by atoms with van der Waals surface area (Å²) >= 11 is 0. The van der Waals surface area contributed by atoms with E-state index >= 15 is 0 Å². The normalized spacial score (nSPS) is 24.8. The van der Waals surface area contributed by atoms with E-state index in [2.05, 4.69) is 30.7 Å². The fourth-order valence-electron chi connectivity index (χ4n) is 4.61. The highest BCUT2D eigenvalue weighted by atomic mass is 19.3. The first-order valence-electron chi connectivity index (χ1n) is 12.4. The van der Waals surface area contributed by atoms with E-state index in [0.717, 1.165) is 45.1 Å². The molecular weight excluding hydrogens is 462 g/mol. The van der Waals surface area contributed by atoms with E-state index < -0.39 is 6.61 Å². The molecule has 0 radical (unpaired) electrons. The van der Waals surface area contributed by atoms with Gasteiger partial charge in [-0.05, 0) is 51.4 Å². The average Bonchev–Trinajstić information content (AvgIpc) is 3.68. The fraction of sp³-hybridized carbons (Fsp3) is 0.739. The summed E-state index contributed by atoms with van der Waals surface area (Å²) in [5.74, 6) is 0.533. The molecule has 1 aromatic heterocycles. The average molecular weight is 497 g/mol. The molecular formula is C23H34F2N6O4. The summed E-state index contributed by atoms with van der Waals surface area (Å²) in [6.45, 7) is -1.77. The number of alkyl halides is 2. The topological polar surface area (TPSA) is 129 Å². The van der Waals surface area contributed by atoms with Crippen molar-refractivity contribution in [2.75, 3.05) is 36.9 Å². The number of carbonyl (C=O) groups is 2. The summed E-state index contributed by atoms with van der Waals surface area (Å²) < 4.78 is 28.6. The Morgan fingerprint density at radius 3 is 2.63 bits per heavy atom. The largest absolute Gasteiger partial charge is 0.393 e. The van der Waals surface area contributed by atoms with Gasteiger partial charge in [0, 0.05) is 43.8 Å². The van der Waals surface area contributed by atoms with Crippen molar-refractivity contribution in [3.05, 3.63) is 11.8 Å². The van der Waals surface area contributed by atoms with Gasteiger partial charge in [-0.3, -0.25) is 9.59 Å². The second kappa shape index (κ2) is 11.9. The number of hydrogen-bond donors (Lipinski definition) is 4. The van der Waals surface area contributed by atoms with E-state index in [1.165, 1.54) is 6.20 Å². The van der Waals surface area contributed by atoms with Gasteiger partial charge in [0.05, 0.1) is 12.7 Å². The molecule has 0 aromatic carbocycles. The Labute approximate surface area is 203 Å². The Morgan fingerprint density at radius 1 is 1.14 bits per heavy atom. The Balaban J connectivity index is 1.41. The molecule has 1 aliphatic heterocycles. The number of carbonyl (C=O) groups excluding carboxylic acids is 2. The third-order valence-corrected chi connectivity index (χ3v) is 6.69. The predicted octanol–water partition coefficient (Wildman–Crippen LogP) is 1.97. The molecule has 4 rings (SSSR count). The molecule has 1 atom stereocenters. The highest BCUT2D eigenvalue weighted by molar-refractivity contribution is 5.99. The van der Waals surface area contributed by atoms with Crippen LogP contribution in [0.15, 0.2) is 6.20 Å². The standard InChI is InChI=1S/C23H34F2N6O4/c24-22(25)35-11-9-26-23-27-12-18(19(30-23)28-15-5-7-17(32)8-6-15)20(33)29-16-2-1-10-31(13-16)21(34)14-3-4-14/h12,14-17,22,32H,1-11,13H2,(H,29,33)(H2,26,27,28,30)/t15?,16-,17?/m0/s1. The van der Waals surface area contributed by atoms with E-state index in [0.29, 0.717) is 25.2 Å². The lowest BCUT2D eigenvalue weighted by Gasteiger charge is -2.33. The van der Waals surface area contributed by atoms with Crippen LogP contribution in [0.1, 0.15) is 61.7 Å². The highest BCUT2D eigenvalue weighted by Crippen LogP contribution is 2.32. The van der Waals surface area contributed by atoms with Crippen molar-refractivity contribution in [2.24, 2.45) is 5.92 Å². The maximum atomic E-state index is 13.2. The van der Waals surface area contributed by atoms with Gasteiger partial charge >= 0.3 is 6.61 Å². The number of aromatic nitrogens is 2. The van der Waals surface area contributed by atoms with Gasteiger partial charge in [-0.2, -0.15) is 13.8 Å². The molecule has 194 valence electrons. The summed E-state index contributed by atoms with van der Waals surface area (Å²) in [4.78, 5) is 36.1. The molecule has 12 heteroatoms. The summed E-state index contributed by atoms with van der Waals surface area (Å²) in [7, 11) is 0. The van der Waals surface area contributed by atoms with Crippen LogP contribution >= 0.6 is 0 Å². The van der Waals surface area contributed by atoms with Crippen LogP contribution in [-0.4, -0.2) is 82.8 Å². The first kappa shape index (κ1) is 25.5. The summed E-state index contributed by atoms with van der Waals surface area (Å²) in [6, 6.07) is -0.114. The van der Waals surface area contributed by atoms with Crippen LogP contribution in [0.4, 0.5) is 20.5 Å².